The minimum absolute atomic E-state index is 0.202. The van der Waals surface area contributed by atoms with Gasteiger partial charge in [0.25, 0.3) is 0 Å². The average molecular weight is 277 g/mol. The van der Waals surface area contributed by atoms with Crippen LogP contribution in [0.2, 0.25) is 0 Å². The molecule has 0 aliphatic carbocycles. The standard InChI is InChI=1S/C13H15N3O2S/c1-3-18-12(17)7-10-8-19-13(15-10)16-11-6-9(2)4-5-14-11/h4-6,8H,3,7H2,1-2H3,(H,14,15,16). The second-order valence-electron chi connectivity index (χ2n) is 3.97. The molecule has 0 aromatic carbocycles. The maximum absolute atomic E-state index is 11.3. The molecule has 2 aromatic rings. The van der Waals surface area contributed by atoms with Crippen molar-refractivity contribution in [1.82, 2.24) is 9.97 Å². The molecule has 0 aliphatic rings. The van der Waals surface area contributed by atoms with Crippen molar-refractivity contribution in [1.29, 1.82) is 0 Å². The van der Waals surface area contributed by atoms with Crippen LogP contribution in [-0.4, -0.2) is 22.5 Å². The lowest BCUT2D eigenvalue weighted by Gasteiger charge is -2.01. The topological polar surface area (TPSA) is 64.1 Å². The quantitative estimate of drug-likeness (QED) is 0.851. The van der Waals surface area contributed by atoms with Gasteiger partial charge in [-0.3, -0.25) is 4.79 Å². The third kappa shape index (κ3) is 4.03. The van der Waals surface area contributed by atoms with E-state index < -0.39 is 0 Å². The molecular formula is C13H15N3O2S. The van der Waals surface area contributed by atoms with Gasteiger partial charge in [-0.2, -0.15) is 0 Å². The predicted molar refractivity (Wildman–Crippen MR) is 74.7 cm³/mol. The molecule has 0 saturated heterocycles. The first-order valence-corrected chi connectivity index (χ1v) is 6.85. The van der Waals surface area contributed by atoms with E-state index in [1.54, 1.807) is 13.1 Å². The molecular weight excluding hydrogens is 262 g/mol. The summed E-state index contributed by atoms with van der Waals surface area (Å²) in [6.45, 7) is 4.18. The third-order valence-corrected chi connectivity index (χ3v) is 3.14. The number of hydrogen-bond acceptors (Lipinski definition) is 6. The van der Waals surface area contributed by atoms with Crippen LogP contribution < -0.4 is 5.32 Å². The minimum Gasteiger partial charge on any atom is -0.466 e. The molecule has 2 rings (SSSR count). The van der Waals surface area contributed by atoms with Crippen molar-refractivity contribution in [2.24, 2.45) is 0 Å². The highest BCUT2D eigenvalue weighted by atomic mass is 32.1. The summed E-state index contributed by atoms with van der Waals surface area (Å²) in [6, 6.07) is 3.87. The van der Waals surface area contributed by atoms with Crippen molar-refractivity contribution < 1.29 is 9.53 Å². The Morgan fingerprint density at radius 2 is 2.37 bits per heavy atom. The molecule has 5 nitrogen and oxygen atoms in total. The number of ether oxygens (including phenoxy) is 1. The predicted octanol–water partition coefficient (Wildman–Crippen LogP) is 2.70. The van der Waals surface area contributed by atoms with Crippen molar-refractivity contribution in [3.8, 4) is 0 Å². The zero-order valence-corrected chi connectivity index (χ0v) is 11.7. The molecule has 19 heavy (non-hydrogen) atoms. The van der Waals surface area contributed by atoms with Crippen molar-refractivity contribution in [2.75, 3.05) is 11.9 Å². The van der Waals surface area contributed by atoms with Crippen LogP contribution in [0.4, 0.5) is 10.9 Å². The van der Waals surface area contributed by atoms with E-state index in [4.69, 9.17) is 4.74 Å². The van der Waals surface area contributed by atoms with Gasteiger partial charge in [-0.25, -0.2) is 9.97 Å². The summed E-state index contributed by atoms with van der Waals surface area (Å²) < 4.78 is 4.88. The molecule has 0 aliphatic heterocycles. The second-order valence-corrected chi connectivity index (χ2v) is 4.83. The molecule has 2 aromatic heterocycles. The first kappa shape index (κ1) is 13.5. The van der Waals surface area contributed by atoms with E-state index in [1.165, 1.54) is 11.3 Å². The largest absolute Gasteiger partial charge is 0.466 e. The molecule has 0 saturated carbocycles. The number of hydrogen-bond donors (Lipinski definition) is 1. The van der Waals surface area contributed by atoms with E-state index in [0.717, 1.165) is 16.5 Å². The van der Waals surface area contributed by atoms with Crippen LogP contribution in [0.15, 0.2) is 23.7 Å². The summed E-state index contributed by atoms with van der Waals surface area (Å²) in [4.78, 5) is 19.9. The summed E-state index contributed by atoms with van der Waals surface area (Å²) in [6.07, 6.45) is 1.94. The third-order valence-electron chi connectivity index (χ3n) is 2.33. The van der Waals surface area contributed by atoms with Crippen LogP contribution in [0.25, 0.3) is 0 Å². The molecule has 0 fully saturated rings. The highest BCUT2D eigenvalue weighted by Crippen LogP contribution is 2.20. The number of rotatable bonds is 5. The van der Waals surface area contributed by atoms with Crippen molar-refractivity contribution in [3.63, 3.8) is 0 Å². The van der Waals surface area contributed by atoms with E-state index in [1.807, 2.05) is 24.4 Å². The molecule has 0 spiro atoms. The molecule has 6 heteroatoms. The lowest BCUT2D eigenvalue weighted by atomic mass is 10.3. The van der Waals surface area contributed by atoms with Crippen LogP contribution in [0, 0.1) is 6.92 Å². The summed E-state index contributed by atoms with van der Waals surface area (Å²) in [7, 11) is 0. The summed E-state index contributed by atoms with van der Waals surface area (Å²) in [5.41, 5.74) is 1.83. The first-order chi connectivity index (χ1) is 9.17. The van der Waals surface area contributed by atoms with E-state index in [-0.39, 0.29) is 12.4 Å². The summed E-state index contributed by atoms with van der Waals surface area (Å²) >= 11 is 1.44. The van der Waals surface area contributed by atoms with Gasteiger partial charge in [0.2, 0.25) is 0 Å². The number of aromatic nitrogens is 2. The van der Waals surface area contributed by atoms with Gasteiger partial charge < -0.3 is 10.1 Å². The van der Waals surface area contributed by atoms with Gasteiger partial charge in [0.15, 0.2) is 5.13 Å². The molecule has 0 unspecified atom stereocenters. The van der Waals surface area contributed by atoms with Gasteiger partial charge in [-0.05, 0) is 31.5 Å². The number of thiazole rings is 1. The molecule has 2 heterocycles. The number of anilines is 2. The fourth-order valence-corrected chi connectivity index (χ4v) is 2.24. The highest BCUT2D eigenvalue weighted by Gasteiger charge is 2.08. The van der Waals surface area contributed by atoms with Crippen LogP contribution in [0.5, 0.6) is 0 Å². The Kier molecular flexibility index (Phi) is 4.46. The Morgan fingerprint density at radius 1 is 1.53 bits per heavy atom. The molecule has 0 radical (unpaired) electrons. The first-order valence-electron chi connectivity index (χ1n) is 5.97. The minimum atomic E-state index is -0.256. The lowest BCUT2D eigenvalue weighted by molar-refractivity contribution is -0.142. The Morgan fingerprint density at radius 3 is 3.11 bits per heavy atom. The highest BCUT2D eigenvalue weighted by molar-refractivity contribution is 7.13. The van der Waals surface area contributed by atoms with Gasteiger partial charge in [-0.1, -0.05) is 0 Å². The Labute approximate surface area is 115 Å². The number of aryl methyl sites for hydroxylation is 1. The molecule has 0 amide bonds. The monoisotopic (exact) mass is 277 g/mol. The van der Waals surface area contributed by atoms with Crippen molar-refractivity contribution in [3.05, 3.63) is 35.0 Å². The summed E-state index contributed by atoms with van der Waals surface area (Å²) in [5, 5.41) is 5.68. The molecule has 0 atom stereocenters. The molecule has 1 N–H and O–H groups in total. The number of carbonyl (C=O) groups excluding carboxylic acids is 1. The van der Waals surface area contributed by atoms with E-state index in [0.29, 0.717) is 12.3 Å². The zero-order chi connectivity index (χ0) is 13.7. The van der Waals surface area contributed by atoms with Crippen LogP contribution >= 0.6 is 11.3 Å². The van der Waals surface area contributed by atoms with Crippen LogP contribution in [0.3, 0.4) is 0 Å². The zero-order valence-electron chi connectivity index (χ0n) is 10.8. The number of nitrogens with one attached hydrogen (secondary N) is 1. The average Bonchev–Trinajstić information content (AvgIpc) is 2.76. The van der Waals surface area contributed by atoms with Crippen molar-refractivity contribution >= 4 is 28.3 Å². The van der Waals surface area contributed by atoms with E-state index >= 15 is 0 Å². The van der Waals surface area contributed by atoms with Gasteiger partial charge >= 0.3 is 5.97 Å². The molecule has 0 bridgehead atoms. The SMILES string of the molecule is CCOC(=O)Cc1csc(Nc2cc(C)ccn2)n1. The smallest absolute Gasteiger partial charge is 0.311 e. The fraction of sp³-hybridized carbons (Fsp3) is 0.308. The van der Waals surface area contributed by atoms with Crippen LogP contribution in [0.1, 0.15) is 18.2 Å². The Hall–Kier alpha value is -1.95. The maximum Gasteiger partial charge on any atom is 0.311 e. The second kappa shape index (κ2) is 6.29. The number of nitrogens with zero attached hydrogens (tertiary/aromatic N) is 2. The maximum atomic E-state index is 11.3. The van der Waals surface area contributed by atoms with E-state index in [2.05, 4.69) is 15.3 Å². The van der Waals surface area contributed by atoms with Crippen LogP contribution in [-0.2, 0) is 16.0 Å². The number of esters is 1. The van der Waals surface area contributed by atoms with Crippen molar-refractivity contribution in [2.45, 2.75) is 20.3 Å². The summed E-state index contributed by atoms with van der Waals surface area (Å²) in [5.74, 6) is 0.491. The van der Waals surface area contributed by atoms with Gasteiger partial charge in [0.1, 0.15) is 5.82 Å². The number of pyridine rings is 1. The lowest BCUT2D eigenvalue weighted by Crippen LogP contribution is -2.07. The van der Waals surface area contributed by atoms with Gasteiger partial charge in [-0.15, -0.1) is 11.3 Å². The molecule has 100 valence electrons. The normalized spacial score (nSPS) is 10.2. The Balaban J connectivity index is 1.99. The van der Waals surface area contributed by atoms with Gasteiger partial charge in [0, 0.05) is 11.6 Å². The van der Waals surface area contributed by atoms with Gasteiger partial charge in [0.05, 0.1) is 18.7 Å². The fourth-order valence-electron chi connectivity index (χ4n) is 1.52. The van der Waals surface area contributed by atoms with E-state index in [9.17, 15) is 4.79 Å². The Bertz CT molecular complexity index is 569. The number of carbonyl (C=O) groups is 1.